The fourth-order valence-corrected chi connectivity index (χ4v) is 3.51. The van der Waals surface area contributed by atoms with Crippen LogP contribution in [0.4, 0.5) is 0 Å². The molecule has 2 aliphatic rings. The summed E-state index contributed by atoms with van der Waals surface area (Å²) in [4.78, 5) is 22.9. The smallest absolute Gasteiger partial charge is 0.227 e. The van der Waals surface area contributed by atoms with Crippen molar-refractivity contribution in [1.82, 2.24) is 25.3 Å². The molecule has 126 valence electrons. The zero-order chi connectivity index (χ0) is 16.4. The van der Waals surface area contributed by atoms with Gasteiger partial charge in [0.2, 0.25) is 17.6 Å². The molecule has 2 bridgehead atoms. The fraction of sp³-hybridized carbons (Fsp3) is 0.529. The summed E-state index contributed by atoms with van der Waals surface area (Å²) < 4.78 is 5.26. The molecule has 2 aromatic rings. The first-order valence-corrected chi connectivity index (χ1v) is 8.55. The lowest BCUT2D eigenvalue weighted by molar-refractivity contribution is -0.131. The number of carbonyl (C=O) groups is 1. The number of aromatic nitrogens is 3. The molecule has 4 rings (SSSR count). The Labute approximate surface area is 140 Å². The Hall–Kier alpha value is -2.28. The Balaban J connectivity index is 1.33. The Kier molecular flexibility index (Phi) is 4.25. The van der Waals surface area contributed by atoms with Gasteiger partial charge < -0.3 is 14.7 Å². The number of carbonyl (C=O) groups excluding carboxylic acids is 1. The quantitative estimate of drug-likeness (QED) is 0.914. The van der Waals surface area contributed by atoms with Gasteiger partial charge in [-0.2, -0.15) is 4.98 Å². The summed E-state index contributed by atoms with van der Waals surface area (Å²) >= 11 is 0. The van der Waals surface area contributed by atoms with Gasteiger partial charge in [-0.1, -0.05) is 5.16 Å². The predicted octanol–water partition coefficient (Wildman–Crippen LogP) is 1.42. The topological polar surface area (TPSA) is 84.1 Å². The molecule has 2 saturated heterocycles. The molecule has 2 aliphatic heterocycles. The summed E-state index contributed by atoms with van der Waals surface area (Å²) in [6.07, 6.45) is 7.74. The highest BCUT2D eigenvalue weighted by atomic mass is 16.5. The third-order valence-electron chi connectivity index (χ3n) is 4.82. The van der Waals surface area contributed by atoms with Crippen molar-refractivity contribution in [3.05, 3.63) is 30.4 Å². The molecule has 0 radical (unpaired) electrons. The van der Waals surface area contributed by atoms with Crippen molar-refractivity contribution in [2.75, 3.05) is 13.1 Å². The molecule has 1 N–H and O–H groups in total. The van der Waals surface area contributed by atoms with Gasteiger partial charge in [-0.3, -0.25) is 9.78 Å². The predicted molar refractivity (Wildman–Crippen MR) is 87.0 cm³/mol. The summed E-state index contributed by atoms with van der Waals surface area (Å²) in [7, 11) is 0. The van der Waals surface area contributed by atoms with Gasteiger partial charge in [-0.05, 0) is 31.4 Å². The van der Waals surface area contributed by atoms with E-state index in [4.69, 9.17) is 4.52 Å². The van der Waals surface area contributed by atoms with Gasteiger partial charge in [0, 0.05) is 56.0 Å². The average Bonchev–Trinajstić information content (AvgIpc) is 3.20. The molecule has 2 atom stereocenters. The minimum absolute atomic E-state index is 0.172. The summed E-state index contributed by atoms with van der Waals surface area (Å²) in [5.74, 6) is 1.18. The Morgan fingerprint density at radius 3 is 3.12 bits per heavy atom. The van der Waals surface area contributed by atoms with Gasteiger partial charge in [0.05, 0.1) is 0 Å². The molecule has 1 amide bonds. The molecule has 2 aromatic heterocycles. The molecular formula is C17H21N5O2. The van der Waals surface area contributed by atoms with Crippen LogP contribution in [0.1, 0.15) is 31.6 Å². The molecule has 7 heteroatoms. The number of aryl methyl sites for hydroxylation is 1. The second-order valence-corrected chi connectivity index (χ2v) is 6.52. The lowest BCUT2D eigenvalue weighted by Crippen LogP contribution is -2.39. The van der Waals surface area contributed by atoms with E-state index in [9.17, 15) is 4.79 Å². The maximum atomic E-state index is 12.5. The first kappa shape index (κ1) is 15.3. The molecule has 0 saturated carbocycles. The fourth-order valence-electron chi connectivity index (χ4n) is 3.51. The van der Waals surface area contributed by atoms with Crippen LogP contribution in [0.2, 0.25) is 0 Å². The molecular weight excluding hydrogens is 306 g/mol. The second kappa shape index (κ2) is 6.68. The third kappa shape index (κ3) is 3.31. The number of fused-ring (bicyclic) bond motifs is 2. The van der Waals surface area contributed by atoms with Crippen LogP contribution < -0.4 is 5.32 Å². The monoisotopic (exact) mass is 327 g/mol. The Bertz CT molecular complexity index is 702. The van der Waals surface area contributed by atoms with Crippen LogP contribution in [-0.2, 0) is 11.2 Å². The van der Waals surface area contributed by atoms with E-state index in [1.807, 2.05) is 17.0 Å². The number of nitrogens with zero attached hydrogens (tertiary/aromatic N) is 4. The number of rotatable bonds is 4. The normalized spacial score (nSPS) is 23.2. The van der Waals surface area contributed by atoms with Crippen LogP contribution in [0.5, 0.6) is 0 Å². The number of hydrogen-bond acceptors (Lipinski definition) is 6. The number of amides is 1. The number of pyridine rings is 1. The first-order valence-electron chi connectivity index (χ1n) is 8.55. The van der Waals surface area contributed by atoms with E-state index in [1.165, 1.54) is 12.8 Å². The van der Waals surface area contributed by atoms with Gasteiger partial charge in [0.1, 0.15) is 0 Å². The lowest BCUT2D eigenvalue weighted by Gasteiger charge is -2.24. The van der Waals surface area contributed by atoms with Gasteiger partial charge in [0.15, 0.2) is 0 Å². The van der Waals surface area contributed by atoms with Crippen molar-refractivity contribution < 1.29 is 9.32 Å². The SMILES string of the molecule is O=C(CCc1nc(-c2cccnc2)no1)N1CC[C@H]2CC[C@@H](C1)N2. The van der Waals surface area contributed by atoms with E-state index in [0.29, 0.717) is 36.6 Å². The standard InChI is InChI=1S/C17H21N5O2/c23-16(22-9-7-13-3-4-14(11-22)19-13)6-5-15-20-17(21-24-15)12-2-1-8-18-10-12/h1-2,8,10,13-14,19H,3-7,9,11H2/t13-,14+/m1/s1. The average molecular weight is 327 g/mol. The molecule has 4 heterocycles. The second-order valence-electron chi connectivity index (χ2n) is 6.52. The Morgan fingerprint density at radius 1 is 1.33 bits per heavy atom. The summed E-state index contributed by atoms with van der Waals surface area (Å²) in [6.45, 7) is 1.66. The van der Waals surface area contributed by atoms with Gasteiger partial charge in [0.25, 0.3) is 0 Å². The van der Waals surface area contributed by atoms with Crippen molar-refractivity contribution in [3.8, 4) is 11.4 Å². The summed E-state index contributed by atoms with van der Waals surface area (Å²) in [6, 6.07) is 4.76. The van der Waals surface area contributed by atoms with Crippen molar-refractivity contribution >= 4 is 5.91 Å². The minimum atomic E-state index is 0.172. The summed E-state index contributed by atoms with van der Waals surface area (Å²) in [5.41, 5.74) is 0.813. The molecule has 7 nitrogen and oxygen atoms in total. The van der Waals surface area contributed by atoms with Crippen molar-refractivity contribution in [2.24, 2.45) is 0 Å². The first-order chi connectivity index (χ1) is 11.8. The van der Waals surface area contributed by atoms with E-state index in [0.717, 1.165) is 25.1 Å². The van der Waals surface area contributed by atoms with E-state index >= 15 is 0 Å². The van der Waals surface area contributed by atoms with E-state index in [-0.39, 0.29) is 5.91 Å². The molecule has 2 fully saturated rings. The molecule has 0 aromatic carbocycles. The van der Waals surface area contributed by atoms with Gasteiger partial charge in [-0.15, -0.1) is 0 Å². The molecule has 0 unspecified atom stereocenters. The minimum Gasteiger partial charge on any atom is -0.341 e. The van der Waals surface area contributed by atoms with Crippen LogP contribution in [0.3, 0.4) is 0 Å². The number of nitrogens with one attached hydrogen (secondary N) is 1. The highest BCUT2D eigenvalue weighted by Crippen LogP contribution is 2.21. The van der Waals surface area contributed by atoms with E-state index in [2.05, 4.69) is 20.4 Å². The van der Waals surface area contributed by atoms with Gasteiger partial charge in [-0.25, -0.2) is 0 Å². The van der Waals surface area contributed by atoms with E-state index in [1.54, 1.807) is 12.4 Å². The van der Waals surface area contributed by atoms with E-state index < -0.39 is 0 Å². The zero-order valence-electron chi connectivity index (χ0n) is 13.5. The maximum absolute atomic E-state index is 12.5. The third-order valence-corrected chi connectivity index (χ3v) is 4.82. The van der Waals surface area contributed by atoms with Crippen molar-refractivity contribution in [2.45, 2.75) is 44.2 Å². The van der Waals surface area contributed by atoms with Crippen LogP contribution in [0, 0.1) is 0 Å². The van der Waals surface area contributed by atoms with Crippen LogP contribution >= 0.6 is 0 Å². The maximum Gasteiger partial charge on any atom is 0.227 e. The zero-order valence-corrected chi connectivity index (χ0v) is 13.5. The largest absolute Gasteiger partial charge is 0.341 e. The number of hydrogen-bond donors (Lipinski definition) is 1. The van der Waals surface area contributed by atoms with Crippen molar-refractivity contribution in [3.63, 3.8) is 0 Å². The summed E-state index contributed by atoms with van der Waals surface area (Å²) in [5, 5.41) is 7.55. The highest BCUT2D eigenvalue weighted by molar-refractivity contribution is 5.76. The Morgan fingerprint density at radius 2 is 2.25 bits per heavy atom. The van der Waals surface area contributed by atoms with Crippen LogP contribution in [0.25, 0.3) is 11.4 Å². The molecule has 24 heavy (non-hydrogen) atoms. The molecule has 0 spiro atoms. The van der Waals surface area contributed by atoms with Crippen LogP contribution in [-0.4, -0.2) is 51.1 Å². The number of likely N-dealkylation sites (tertiary alicyclic amines) is 1. The molecule has 0 aliphatic carbocycles. The highest BCUT2D eigenvalue weighted by Gasteiger charge is 2.31. The van der Waals surface area contributed by atoms with Crippen LogP contribution in [0.15, 0.2) is 29.0 Å². The van der Waals surface area contributed by atoms with Gasteiger partial charge >= 0.3 is 0 Å². The lowest BCUT2D eigenvalue weighted by atomic mass is 10.1. The van der Waals surface area contributed by atoms with Crippen molar-refractivity contribution in [1.29, 1.82) is 0 Å².